The van der Waals surface area contributed by atoms with E-state index in [1.165, 1.54) is 22.4 Å². The first-order valence-corrected chi connectivity index (χ1v) is 14.7. The van der Waals surface area contributed by atoms with Gasteiger partial charge in [0.2, 0.25) is 5.91 Å². The van der Waals surface area contributed by atoms with Gasteiger partial charge in [0.15, 0.2) is 0 Å². The van der Waals surface area contributed by atoms with Crippen LogP contribution >= 0.6 is 11.6 Å². The number of halogens is 1. The Labute approximate surface area is 227 Å². The lowest BCUT2D eigenvalue weighted by molar-refractivity contribution is -0.131. The standard InChI is InChI=1S/C32H41ClN2O2/c1-3-9-25-19-27(33)11-14-29(25)26-21-34-16-7-5-4-6-8-17-35(28-12-13-28)32(36)18-23(2)24-10-15-31(37-22-26)30(34)20-24/h6,8,10-11,14-15,19-20,23,26,28H,3-5,7,9,12-13,16-18,21-22H2,1-2H3/b8-6+. The van der Waals surface area contributed by atoms with Crippen LogP contribution in [0.3, 0.4) is 0 Å². The molecule has 2 atom stereocenters. The van der Waals surface area contributed by atoms with E-state index in [0.29, 0.717) is 19.1 Å². The van der Waals surface area contributed by atoms with Crippen LogP contribution in [0.15, 0.2) is 48.6 Å². The third-order valence-electron chi connectivity index (χ3n) is 8.14. The van der Waals surface area contributed by atoms with Gasteiger partial charge in [-0.1, -0.05) is 56.2 Å². The molecule has 37 heavy (non-hydrogen) atoms. The van der Waals surface area contributed by atoms with Crippen molar-refractivity contribution in [1.82, 2.24) is 4.90 Å². The zero-order valence-corrected chi connectivity index (χ0v) is 23.2. The van der Waals surface area contributed by atoms with Crippen LogP contribution in [0.4, 0.5) is 5.69 Å². The molecule has 1 saturated carbocycles. The van der Waals surface area contributed by atoms with Gasteiger partial charge in [-0.3, -0.25) is 4.79 Å². The lowest BCUT2D eigenvalue weighted by Gasteiger charge is -2.28. The molecular formula is C32H41ClN2O2. The molecule has 1 aliphatic carbocycles. The molecule has 0 aromatic heterocycles. The van der Waals surface area contributed by atoms with Crippen molar-refractivity contribution in [3.63, 3.8) is 0 Å². The average molecular weight is 521 g/mol. The predicted molar refractivity (Wildman–Crippen MR) is 153 cm³/mol. The lowest BCUT2D eigenvalue weighted by atomic mass is 9.92. The number of hydrogen-bond donors (Lipinski definition) is 0. The summed E-state index contributed by atoms with van der Waals surface area (Å²) in [6.45, 7) is 7.75. The van der Waals surface area contributed by atoms with Crippen LogP contribution < -0.4 is 9.64 Å². The molecule has 0 radical (unpaired) electrons. The summed E-state index contributed by atoms with van der Waals surface area (Å²) in [5.41, 5.74) is 5.09. The Morgan fingerprint density at radius 3 is 2.76 bits per heavy atom. The number of fused-ring (bicyclic) bond motifs is 1. The summed E-state index contributed by atoms with van der Waals surface area (Å²) >= 11 is 6.38. The summed E-state index contributed by atoms with van der Waals surface area (Å²) in [6.07, 6.45) is 12.8. The quantitative estimate of drug-likeness (QED) is 0.391. The highest BCUT2D eigenvalue weighted by Crippen LogP contribution is 2.39. The molecule has 0 N–H and O–H groups in total. The summed E-state index contributed by atoms with van der Waals surface area (Å²) in [5, 5.41) is 0.806. The topological polar surface area (TPSA) is 32.8 Å². The van der Waals surface area contributed by atoms with E-state index in [0.717, 1.165) is 75.4 Å². The predicted octanol–water partition coefficient (Wildman–Crippen LogP) is 7.50. The number of amides is 1. The van der Waals surface area contributed by atoms with Crippen molar-refractivity contribution in [2.45, 2.75) is 83.1 Å². The first-order valence-electron chi connectivity index (χ1n) is 14.3. The summed E-state index contributed by atoms with van der Waals surface area (Å²) in [5.74, 6) is 1.69. The number of benzene rings is 2. The van der Waals surface area contributed by atoms with E-state index in [1.807, 2.05) is 6.07 Å². The van der Waals surface area contributed by atoms with E-state index >= 15 is 0 Å². The van der Waals surface area contributed by atoms with Crippen LogP contribution in [-0.4, -0.2) is 43.1 Å². The largest absolute Gasteiger partial charge is 0.491 e. The van der Waals surface area contributed by atoms with Crippen molar-refractivity contribution in [2.24, 2.45) is 0 Å². The number of carbonyl (C=O) groups is 1. The van der Waals surface area contributed by atoms with Gasteiger partial charge in [0.25, 0.3) is 0 Å². The van der Waals surface area contributed by atoms with E-state index in [9.17, 15) is 4.79 Å². The smallest absolute Gasteiger partial charge is 0.223 e. The first-order chi connectivity index (χ1) is 18.0. The number of anilines is 1. The van der Waals surface area contributed by atoms with Gasteiger partial charge in [0.1, 0.15) is 5.75 Å². The number of aryl methyl sites for hydroxylation is 1. The molecule has 3 aliphatic rings. The molecule has 2 unspecified atom stereocenters. The van der Waals surface area contributed by atoms with Gasteiger partial charge in [-0.2, -0.15) is 0 Å². The van der Waals surface area contributed by atoms with Gasteiger partial charge in [-0.15, -0.1) is 0 Å². The lowest BCUT2D eigenvalue weighted by Crippen LogP contribution is -2.34. The van der Waals surface area contributed by atoms with Crippen LogP contribution in [0.25, 0.3) is 0 Å². The number of ether oxygens (including phenoxy) is 1. The monoisotopic (exact) mass is 520 g/mol. The molecule has 5 heteroatoms. The Morgan fingerprint density at radius 2 is 1.95 bits per heavy atom. The molecule has 4 nitrogen and oxygen atoms in total. The highest BCUT2D eigenvalue weighted by atomic mass is 35.5. The van der Waals surface area contributed by atoms with E-state index in [2.05, 4.69) is 66.1 Å². The minimum absolute atomic E-state index is 0.168. The van der Waals surface area contributed by atoms with Crippen LogP contribution in [0.2, 0.25) is 5.02 Å². The molecule has 2 aromatic carbocycles. The Morgan fingerprint density at radius 1 is 1.08 bits per heavy atom. The van der Waals surface area contributed by atoms with Crippen molar-refractivity contribution < 1.29 is 9.53 Å². The molecule has 1 amide bonds. The number of nitrogens with zero attached hydrogens (tertiary/aromatic N) is 2. The Bertz CT molecular complexity index is 1130. The highest BCUT2D eigenvalue weighted by Gasteiger charge is 2.33. The highest BCUT2D eigenvalue weighted by molar-refractivity contribution is 6.30. The third kappa shape index (κ3) is 6.34. The molecule has 2 aliphatic heterocycles. The van der Waals surface area contributed by atoms with Crippen LogP contribution in [0.5, 0.6) is 5.75 Å². The summed E-state index contributed by atoms with van der Waals surface area (Å²) < 4.78 is 6.48. The number of hydrogen-bond acceptors (Lipinski definition) is 3. The molecule has 5 rings (SSSR count). The van der Waals surface area contributed by atoms with Crippen molar-refractivity contribution in [3.05, 3.63) is 70.3 Å². The second-order valence-corrected chi connectivity index (χ2v) is 11.6. The minimum atomic E-state index is 0.168. The van der Waals surface area contributed by atoms with Crippen molar-refractivity contribution in [1.29, 1.82) is 0 Å². The maximum atomic E-state index is 13.2. The van der Waals surface area contributed by atoms with E-state index in [-0.39, 0.29) is 17.7 Å². The molecule has 198 valence electrons. The molecule has 2 aromatic rings. The van der Waals surface area contributed by atoms with Gasteiger partial charge in [0.05, 0.1) is 12.3 Å². The Kier molecular flexibility index (Phi) is 8.44. The molecule has 0 spiro atoms. The number of allylic oxidation sites excluding steroid dienone is 1. The van der Waals surface area contributed by atoms with Gasteiger partial charge < -0.3 is 14.5 Å². The van der Waals surface area contributed by atoms with E-state index in [4.69, 9.17) is 16.3 Å². The van der Waals surface area contributed by atoms with Crippen LogP contribution in [-0.2, 0) is 11.2 Å². The maximum Gasteiger partial charge on any atom is 0.223 e. The van der Waals surface area contributed by atoms with Gasteiger partial charge in [-0.05, 0) is 85.4 Å². The van der Waals surface area contributed by atoms with E-state index < -0.39 is 0 Å². The fraction of sp³-hybridized carbons (Fsp3) is 0.531. The first kappa shape index (κ1) is 26.2. The fourth-order valence-corrected chi connectivity index (χ4v) is 6.08. The molecular weight excluding hydrogens is 480 g/mol. The SMILES string of the molecule is CCCc1cc(Cl)ccc1C1COc2ccc3cc2N(CCCC/C=C/CN(C2CC2)C(=O)CC3C)C1. The zero-order chi connectivity index (χ0) is 25.8. The maximum absolute atomic E-state index is 13.2. The van der Waals surface area contributed by atoms with Gasteiger partial charge in [0, 0.05) is 43.0 Å². The van der Waals surface area contributed by atoms with Crippen LogP contribution in [0.1, 0.15) is 87.3 Å². The zero-order valence-electron chi connectivity index (χ0n) is 22.4. The summed E-state index contributed by atoms with van der Waals surface area (Å²) in [6, 6.07) is 13.4. The van der Waals surface area contributed by atoms with Crippen molar-refractivity contribution in [2.75, 3.05) is 31.1 Å². The minimum Gasteiger partial charge on any atom is -0.491 e. The molecule has 2 heterocycles. The second kappa shape index (κ2) is 11.9. The Balaban J connectivity index is 1.44. The fourth-order valence-electron chi connectivity index (χ4n) is 5.88. The summed E-state index contributed by atoms with van der Waals surface area (Å²) in [7, 11) is 0. The van der Waals surface area contributed by atoms with Gasteiger partial charge in [-0.25, -0.2) is 0 Å². The molecule has 0 saturated heterocycles. The second-order valence-electron chi connectivity index (χ2n) is 11.1. The van der Waals surface area contributed by atoms with E-state index in [1.54, 1.807) is 0 Å². The van der Waals surface area contributed by atoms with Crippen molar-refractivity contribution >= 4 is 23.2 Å². The van der Waals surface area contributed by atoms with Gasteiger partial charge >= 0.3 is 0 Å². The van der Waals surface area contributed by atoms with Crippen molar-refractivity contribution in [3.8, 4) is 5.75 Å². The molecule has 1 fully saturated rings. The Hall–Kier alpha value is -2.46. The van der Waals surface area contributed by atoms with Crippen LogP contribution in [0, 0.1) is 0 Å². The normalized spacial score (nSPS) is 24.0. The number of carbonyl (C=O) groups excluding carboxylic acids is 1. The molecule has 2 bridgehead atoms. The number of rotatable bonds is 4. The average Bonchev–Trinajstić information content (AvgIpc) is 3.73. The third-order valence-corrected chi connectivity index (χ3v) is 8.38. The summed E-state index contributed by atoms with van der Waals surface area (Å²) in [4.78, 5) is 17.9.